The van der Waals surface area contributed by atoms with E-state index in [0.29, 0.717) is 6.61 Å². The fourth-order valence-electron chi connectivity index (χ4n) is 2.09. The summed E-state index contributed by atoms with van der Waals surface area (Å²) in [6, 6.07) is 8.61. The van der Waals surface area contributed by atoms with Crippen LogP contribution >= 0.6 is 0 Å². The Kier molecular flexibility index (Phi) is 7.01. The van der Waals surface area contributed by atoms with E-state index in [4.69, 9.17) is 4.74 Å². The van der Waals surface area contributed by atoms with E-state index in [1.165, 1.54) is 18.2 Å². The summed E-state index contributed by atoms with van der Waals surface area (Å²) in [5.74, 6) is -0.185. The lowest BCUT2D eigenvalue weighted by atomic mass is 10.2. The van der Waals surface area contributed by atoms with Crippen LogP contribution in [0.25, 0.3) is 0 Å². The van der Waals surface area contributed by atoms with Crippen LogP contribution in [0, 0.1) is 6.92 Å². The minimum Gasteiger partial charge on any atom is -0.466 e. The number of nitrogens with zero attached hydrogens (tertiary/aromatic N) is 1. The number of hydrogen-bond donors (Lipinski definition) is 0. The summed E-state index contributed by atoms with van der Waals surface area (Å²) in [5, 5.41) is 0. The second-order valence-electron chi connectivity index (χ2n) is 4.82. The third-order valence-electron chi connectivity index (χ3n) is 3.13. The van der Waals surface area contributed by atoms with Crippen LogP contribution < -0.4 is 4.90 Å². The molecule has 0 radical (unpaired) electrons. The Morgan fingerprint density at radius 2 is 2.05 bits per heavy atom. The lowest BCUT2D eigenvalue weighted by molar-refractivity contribution is -0.141. The lowest BCUT2D eigenvalue weighted by Crippen LogP contribution is -2.23. The number of benzene rings is 1. The maximum absolute atomic E-state index is 10.6. The third-order valence-corrected chi connectivity index (χ3v) is 3.13. The molecule has 0 saturated carbocycles. The molecule has 0 spiro atoms. The van der Waals surface area contributed by atoms with E-state index in [9.17, 15) is 4.79 Å². The van der Waals surface area contributed by atoms with Crippen LogP contribution in [-0.2, 0) is 9.53 Å². The highest BCUT2D eigenvalue weighted by Gasteiger charge is 2.03. The molecule has 1 aromatic rings. The van der Waals surface area contributed by atoms with Gasteiger partial charge in [0.1, 0.15) is 0 Å². The van der Waals surface area contributed by atoms with Gasteiger partial charge in [-0.05, 0) is 50.8 Å². The standard InChI is InChI=1S/C16H25NO2/c1-4-17(16-10-8-9-14(2)13-16)11-6-5-7-12-19-15(3)18/h8-10,13H,4-7,11-12H2,1-3H3. The van der Waals surface area contributed by atoms with Gasteiger partial charge < -0.3 is 9.64 Å². The first-order valence-electron chi connectivity index (χ1n) is 7.08. The summed E-state index contributed by atoms with van der Waals surface area (Å²) in [6.07, 6.45) is 3.17. The van der Waals surface area contributed by atoms with Gasteiger partial charge in [-0.15, -0.1) is 0 Å². The van der Waals surface area contributed by atoms with E-state index in [1.54, 1.807) is 0 Å². The van der Waals surface area contributed by atoms with Crippen molar-refractivity contribution in [1.29, 1.82) is 0 Å². The van der Waals surface area contributed by atoms with Crippen molar-refractivity contribution >= 4 is 11.7 Å². The molecule has 0 bridgehead atoms. The van der Waals surface area contributed by atoms with Gasteiger partial charge in [-0.1, -0.05) is 12.1 Å². The van der Waals surface area contributed by atoms with Gasteiger partial charge in [-0.25, -0.2) is 0 Å². The summed E-state index contributed by atoms with van der Waals surface area (Å²) in [4.78, 5) is 13.0. The molecule has 0 N–H and O–H groups in total. The lowest BCUT2D eigenvalue weighted by Gasteiger charge is -2.23. The van der Waals surface area contributed by atoms with Crippen LogP contribution in [0.3, 0.4) is 0 Å². The van der Waals surface area contributed by atoms with Crippen molar-refractivity contribution in [2.75, 3.05) is 24.6 Å². The molecule has 1 rings (SSSR count). The minimum absolute atomic E-state index is 0.185. The molecule has 0 heterocycles. The number of ether oxygens (including phenoxy) is 1. The van der Waals surface area contributed by atoms with Crippen LogP contribution in [-0.4, -0.2) is 25.7 Å². The number of rotatable bonds is 8. The summed E-state index contributed by atoms with van der Waals surface area (Å²) < 4.78 is 4.92. The first kappa shape index (κ1) is 15.5. The highest BCUT2D eigenvalue weighted by molar-refractivity contribution is 5.65. The van der Waals surface area contributed by atoms with Crippen LogP contribution in [0.4, 0.5) is 5.69 Å². The summed E-state index contributed by atoms with van der Waals surface area (Å²) in [7, 11) is 0. The Bertz CT molecular complexity index is 390. The van der Waals surface area contributed by atoms with Crippen molar-refractivity contribution < 1.29 is 9.53 Å². The molecule has 1 aromatic carbocycles. The molecule has 0 aliphatic carbocycles. The van der Waals surface area contributed by atoms with Crippen molar-refractivity contribution in [3.05, 3.63) is 29.8 Å². The maximum atomic E-state index is 10.6. The normalized spacial score (nSPS) is 10.3. The fraction of sp³-hybridized carbons (Fsp3) is 0.562. The first-order valence-corrected chi connectivity index (χ1v) is 7.08. The van der Waals surface area contributed by atoms with Crippen molar-refractivity contribution in [1.82, 2.24) is 0 Å². The van der Waals surface area contributed by atoms with E-state index in [1.807, 2.05) is 0 Å². The van der Waals surface area contributed by atoms with Gasteiger partial charge in [-0.3, -0.25) is 4.79 Å². The molecule has 0 unspecified atom stereocenters. The Balaban J connectivity index is 2.27. The number of aryl methyl sites for hydroxylation is 1. The monoisotopic (exact) mass is 263 g/mol. The van der Waals surface area contributed by atoms with E-state index in [2.05, 4.69) is 43.0 Å². The number of hydrogen-bond acceptors (Lipinski definition) is 3. The van der Waals surface area contributed by atoms with E-state index in [-0.39, 0.29) is 5.97 Å². The molecule has 0 amide bonds. The average Bonchev–Trinajstić information content (AvgIpc) is 2.37. The number of esters is 1. The topological polar surface area (TPSA) is 29.5 Å². The van der Waals surface area contributed by atoms with Crippen molar-refractivity contribution in [2.24, 2.45) is 0 Å². The number of anilines is 1. The van der Waals surface area contributed by atoms with Crippen molar-refractivity contribution in [3.8, 4) is 0 Å². The SMILES string of the molecule is CCN(CCCCCOC(C)=O)c1cccc(C)c1. The molecular weight excluding hydrogens is 238 g/mol. The molecule has 0 fully saturated rings. The van der Waals surface area contributed by atoms with Crippen LogP contribution in [0.5, 0.6) is 0 Å². The second kappa shape index (κ2) is 8.57. The van der Waals surface area contributed by atoms with Gasteiger partial charge in [0, 0.05) is 25.7 Å². The Morgan fingerprint density at radius 1 is 1.26 bits per heavy atom. The Hall–Kier alpha value is -1.51. The number of carbonyl (C=O) groups excluding carboxylic acids is 1. The predicted molar refractivity (Wildman–Crippen MR) is 79.6 cm³/mol. The van der Waals surface area contributed by atoms with Gasteiger partial charge in [0.15, 0.2) is 0 Å². The molecule has 0 saturated heterocycles. The van der Waals surface area contributed by atoms with Gasteiger partial charge in [0.25, 0.3) is 0 Å². The summed E-state index contributed by atoms with van der Waals surface area (Å²) >= 11 is 0. The van der Waals surface area contributed by atoms with Crippen LogP contribution in [0.15, 0.2) is 24.3 Å². The first-order chi connectivity index (χ1) is 9.13. The second-order valence-corrected chi connectivity index (χ2v) is 4.82. The molecule has 3 nitrogen and oxygen atoms in total. The molecular formula is C16H25NO2. The Labute approximate surface area is 116 Å². The summed E-state index contributed by atoms with van der Waals surface area (Å²) in [6.45, 7) is 8.38. The minimum atomic E-state index is -0.185. The van der Waals surface area contributed by atoms with E-state index >= 15 is 0 Å². The van der Waals surface area contributed by atoms with Gasteiger partial charge in [0.2, 0.25) is 0 Å². The van der Waals surface area contributed by atoms with Crippen LogP contribution in [0.1, 0.15) is 38.7 Å². The molecule has 3 heteroatoms. The quantitative estimate of drug-likeness (QED) is 0.530. The maximum Gasteiger partial charge on any atom is 0.302 e. The van der Waals surface area contributed by atoms with Gasteiger partial charge in [0.05, 0.1) is 6.61 Å². The average molecular weight is 263 g/mol. The van der Waals surface area contributed by atoms with E-state index < -0.39 is 0 Å². The number of unbranched alkanes of at least 4 members (excludes halogenated alkanes) is 2. The highest BCUT2D eigenvalue weighted by atomic mass is 16.5. The smallest absolute Gasteiger partial charge is 0.302 e. The zero-order chi connectivity index (χ0) is 14.1. The van der Waals surface area contributed by atoms with Gasteiger partial charge in [-0.2, -0.15) is 0 Å². The van der Waals surface area contributed by atoms with E-state index in [0.717, 1.165) is 32.4 Å². The Morgan fingerprint density at radius 3 is 2.68 bits per heavy atom. The van der Waals surface area contributed by atoms with Crippen molar-refractivity contribution in [3.63, 3.8) is 0 Å². The highest BCUT2D eigenvalue weighted by Crippen LogP contribution is 2.16. The third kappa shape index (κ3) is 6.27. The molecule has 0 aliphatic heterocycles. The molecule has 0 aromatic heterocycles. The van der Waals surface area contributed by atoms with Crippen LogP contribution in [0.2, 0.25) is 0 Å². The van der Waals surface area contributed by atoms with Crippen molar-refractivity contribution in [2.45, 2.75) is 40.0 Å². The fourth-order valence-corrected chi connectivity index (χ4v) is 2.09. The number of carbonyl (C=O) groups is 1. The molecule has 19 heavy (non-hydrogen) atoms. The summed E-state index contributed by atoms with van der Waals surface area (Å²) in [5.41, 5.74) is 2.59. The zero-order valence-corrected chi connectivity index (χ0v) is 12.3. The largest absolute Gasteiger partial charge is 0.466 e. The molecule has 106 valence electrons. The zero-order valence-electron chi connectivity index (χ0n) is 12.3. The molecule has 0 atom stereocenters. The predicted octanol–water partition coefficient (Wildman–Crippen LogP) is 3.55. The van der Waals surface area contributed by atoms with Gasteiger partial charge >= 0.3 is 5.97 Å². The molecule has 0 aliphatic rings.